The van der Waals surface area contributed by atoms with Crippen LogP contribution in [0.4, 0.5) is 0 Å². The Morgan fingerprint density at radius 1 is 1.11 bits per heavy atom. The van der Waals surface area contributed by atoms with Crippen molar-refractivity contribution in [2.75, 3.05) is 0 Å². The fraction of sp³-hybridized carbons (Fsp3) is 0.133. The van der Waals surface area contributed by atoms with E-state index in [0.717, 1.165) is 5.56 Å². The Labute approximate surface area is 106 Å². The molecule has 0 fully saturated rings. The van der Waals surface area contributed by atoms with E-state index in [0.29, 0.717) is 17.7 Å². The quantitative estimate of drug-likeness (QED) is 0.867. The molecule has 0 radical (unpaired) electrons. The average molecular weight is 241 g/mol. The average Bonchev–Trinajstić information content (AvgIpc) is 2.40. The molecule has 2 aromatic carbocycles. The Kier molecular flexibility index (Phi) is 3.63. The van der Waals surface area contributed by atoms with Crippen LogP contribution in [-0.2, 0) is 6.54 Å². The number of nitrogens with one attached hydrogen (secondary N) is 1. The van der Waals surface area contributed by atoms with Crippen LogP contribution >= 0.6 is 0 Å². The predicted molar refractivity (Wildman–Crippen MR) is 70.5 cm³/mol. The van der Waals surface area contributed by atoms with Crippen LogP contribution in [0.2, 0.25) is 0 Å². The van der Waals surface area contributed by atoms with Gasteiger partial charge in [-0.2, -0.15) is 0 Å². The van der Waals surface area contributed by atoms with E-state index >= 15 is 0 Å². The maximum absolute atomic E-state index is 11.9. The lowest BCUT2D eigenvalue weighted by atomic mass is 10.1. The molecule has 92 valence electrons. The normalized spacial score (nSPS) is 10.1. The lowest BCUT2D eigenvalue weighted by Gasteiger charge is -2.08. The molecule has 0 atom stereocenters. The molecule has 18 heavy (non-hydrogen) atoms. The van der Waals surface area contributed by atoms with Crippen LogP contribution in [0.3, 0.4) is 0 Å². The summed E-state index contributed by atoms with van der Waals surface area (Å²) in [5, 5.41) is 12.6. The van der Waals surface area contributed by atoms with Crippen molar-refractivity contribution in [2.45, 2.75) is 13.5 Å². The Morgan fingerprint density at radius 2 is 1.83 bits per heavy atom. The number of aromatic hydroxyl groups is 1. The van der Waals surface area contributed by atoms with Gasteiger partial charge in [0.2, 0.25) is 0 Å². The van der Waals surface area contributed by atoms with Crippen LogP contribution < -0.4 is 5.32 Å². The number of aryl methyl sites for hydroxylation is 1. The third kappa shape index (κ3) is 2.69. The van der Waals surface area contributed by atoms with Crippen LogP contribution in [-0.4, -0.2) is 11.0 Å². The topological polar surface area (TPSA) is 49.3 Å². The van der Waals surface area contributed by atoms with Crippen molar-refractivity contribution in [3.8, 4) is 5.75 Å². The first kappa shape index (κ1) is 12.2. The highest BCUT2D eigenvalue weighted by atomic mass is 16.3. The first-order valence-electron chi connectivity index (χ1n) is 5.79. The molecule has 2 N–H and O–H groups in total. The van der Waals surface area contributed by atoms with E-state index in [9.17, 15) is 9.90 Å². The van der Waals surface area contributed by atoms with Gasteiger partial charge in [-0.05, 0) is 24.1 Å². The number of para-hydroxylation sites is 1. The molecule has 0 saturated heterocycles. The summed E-state index contributed by atoms with van der Waals surface area (Å²) >= 11 is 0. The molecule has 3 nitrogen and oxygen atoms in total. The lowest BCUT2D eigenvalue weighted by molar-refractivity contribution is 0.0948. The number of amides is 1. The Morgan fingerprint density at radius 3 is 2.56 bits per heavy atom. The van der Waals surface area contributed by atoms with Crippen LogP contribution in [0, 0.1) is 6.92 Å². The van der Waals surface area contributed by atoms with Crippen molar-refractivity contribution in [2.24, 2.45) is 0 Å². The molecule has 0 aliphatic heterocycles. The van der Waals surface area contributed by atoms with Gasteiger partial charge >= 0.3 is 0 Å². The van der Waals surface area contributed by atoms with Crippen LogP contribution in [0.5, 0.6) is 5.75 Å². The van der Waals surface area contributed by atoms with Crippen molar-refractivity contribution < 1.29 is 9.90 Å². The molecule has 0 aromatic heterocycles. The minimum atomic E-state index is -0.264. The highest BCUT2D eigenvalue weighted by Gasteiger charge is 2.11. The largest absolute Gasteiger partial charge is 0.507 e. The van der Waals surface area contributed by atoms with Crippen LogP contribution in [0.1, 0.15) is 21.5 Å². The molecule has 0 spiro atoms. The Hall–Kier alpha value is -2.29. The van der Waals surface area contributed by atoms with E-state index in [4.69, 9.17) is 0 Å². The van der Waals surface area contributed by atoms with Gasteiger partial charge in [0.25, 0.3) is 5.91 Å². The smallest absolute Gasteiger partial charge is 0.255 e. The second-order valence-corrected chi connectivity index (χ2v) is 4.14. The minimum Gasteiger partial charge on any atom is -0.507 e. The number of carbonyl (C=O) groups is 1. The zero-order chi connectivity index (χ0) is 13.0. The number of benzene rings is 2. The molecule has 0 bridgehead atoms. The summed E-state index contributed by atoms with van der Waals surface area (Å²) in [4.78, 5) is 11.9. The van der Waals surface area contributed by atoms with E-state index < -0.39 is 0 Å². The zero-order valence-electron chi connectivity index (χ0n) is 10.2. The fourth-order valence-electron chi connectivity index (χ4n) is 1.72. The van der Waals surface area contributed by atoms with Gasteiger partial charge in [-0.15, -0.1) is 0 Å². The molecule has 0 aliphatic rings. The summed E-state index contributed by atoms with van der Waals surface area (Å²) in [5.74, 6) is -0.219. The van der Waals surface area contributed by atoms with Gasteiger partial charge in [-0.25, -0.2) is 0 Å². The number of hydrogen-bond donors (Lipinski definition) is 2. The highest BCUT2D eigenvalue weighted by Crippen LogP contribution is 2.21. The van der Waals surface area contributed by atoms with E-state index in [1.165, 1.54) is 0 Å². The van der Waals surface area contributed by atoms with Gasteiger partial charge in [0.15, 0.2) is 0 Å². The number of hydrogen-bond acceptors (Lipinski definition) is 2. The number of phenolic OH excluding ortho intramolecular Hbond substituents is 1. The predicted octanol–water partition coefficient (Wildman–Crippen LogP) is 2.63. The zero-order valence-corrected chi connectivity index (χ0v) is 10.2. The first-order valence-corrected chi connectivity index (χ1v) is 5.79. The van der Waals surface area contributed by atoms with Crippen molar-refractivity contribution in [1.82, 2.24) is 5.32 Å². The number of phenols is 1. The number of rotatable bonds is 3. The summed E-state index contributed by atoms with van der Waals surface area (Å²) in [6, 6.07) is 14.8. The highest BCUT2D eigenvalue weighted by molar-refractivity contribution is 5.97. The van der Waals surface area contributed by atoms with Gasteiger partial charge in [-0.3, -0.25) is 4.79 Å². The maximum Gasteiger partial charge on any atom is 0.255 e. The molecule has 2 aromatic rings. The Bertz CT molecular complexity index is 550. The summed E-state index contributed by atoms with van der Waals surface area (Å²) < 4.78 is 0. The van der Waals surface area contributed by atoms with Crippen molar-refractivity contribution in [3.05, 3.63) is 65.2 Å². The first-order chi connectivity index (χ1) is 8.68. The van der Waals surface area contributed by atoms with Gasteiger partial charge in [0, 0.05) is 6.54 Å². The third-order valence-electron chi connectivity index (χ3n) is 2.78. The summed E-state index contributed by atoms with van der Waals surface area (Å²) in [7, 11) is 0. The van der Waals surface area contributed by atoms with E-state index in [1.54, 1.807) is 25.1 Å². The SMILES string of the molecule is Cc1cccc(C(=O)NCc2ccccc2)c1O. The minimum absolute atomic E-state index is 0.0445. The fourth-order valence-corrected chi connectivity index (χ4v) is 1.72. The van der Waals surface area contributed by atoms with Crippen molar-refractivity contribution >= 4 is 5.91 Å². The molecule has 0 unspecified atom stereocenters. The molecule has 0 heterocycles. The maximum atomic E-state index is 11.9. The summed E-state index contributed by atoms with van der Waals surface area (Å²) in [5.41, 5.74) is 2.03. The second kappa shape index (κ2) is 5.36. The molecular formula is C15H15NO2. The summed E-state index contributed by atoms with van der Waals surface area (Å²) in [6.07, 6.45) is 0. The molecule has 0 saturated carbocycles. The van der Waals surface area contributed by atoms with Crippen molar-refractivity contribution in [3.63, 3.8) is 0 Å². The number of carbonyl (C=O) groups excluding carboxylic acids is 1. The van der Waals surface area contributed by atoms with E-state index in [-0.39, 0.29) is 11.7 Å². The second-order valence-electron chi connectivity index (χ2n) is 4.14. The van der Waals surface area contributed by atoms with Gasteiger partial charge in [0.05, 0.1) is 5.56 Å². The molecule has 3 heteroatoms. The Balaban J connectivity index is 2.07. The van der Waals surface area contributed by atoms with Crippen LogP contribution in [0.25, 0.3) is 0 Å². The van der Waals surface area contributed by atoms with Crippen LogP contribution in [0.15, 0.2) is 48.5 Å². The molecule has 0 aliphatic carbocycles. The molecular weight excluding hydrogens is 226 g/mol. The van der Waals surface area contributed by atoms with Gasteiger partial charge in [0.1, 0.15) is 5.75 Å². The molecule has 2 rings (SSSR count). The van der Waals surface area contributed by atoms with E-state index in [1.807, 2.05) is 30.3 Å². The monoisotopic (exact) mass is 241 g/mol. The van der Waals surface area contributed by atoms with Gasteiger partial charge < -0.3 is 10.4 Å². The molecule has 1 amide bonds. The van der Waals surface area contributed by atoms with E-state index in [2.05, 4.69) is 5.32 Å². The standard InChI is InChI=1S/C15H15NO2/c1-11-6-5-9-13(14(11)17)15(18)16-10-12-7-3-2-4-8-12/h2-9,17H,10H2,1H3,(H,16,18). The van der Waals surface area contributed by atoms with Crippen molar-refractivity contribution in [1.29, 1.82) is 0 Å². The summed E-state index contributed by atoms with van der Waals surface area (Å²) in [6.45, 7) is 2.22. The van der Waals surface area contributed by atoms with Gasteiger partial charge in [-0.1, -0.05) is 42.5 Å². The third-order valence-corrected chi connectivity index (χ3v) is 2.78. The lowest BCUT2D eigenvalue weighted by Crippen LogP contribution is -2.22.